The van der Waals surface area contributed by atoms with E-state index in [1.807, 2.05) is 30.3 Å². The van der Waals surface area contributed by atoms with Gasteiger partial charge < -0.3 is 14.4 Å². The molecule has 5 heteroatoms. The predicted molar refractivity (Wildman–Crippen MR) is 68.2 cm³/mol. The zero-order valence-corrected chi connectivity index (χ0v) is 11.3. The van der Waals surface area contributed by atoms with Crippen LogP contribution in [0.2, 0.25) is 0 Å². The fraction of sp³-hybridized carbons (Fsp3) is 0.429. The molecule has 1 aromatic rings. The molecule has 1 fully saturated rings. The Morgan fingerprint density at radius 2 is 1.95 bits per heavy atom. The summed E-state index contributed by atoms with van der Waals surface area (Å²) in [5.74, 6) is -0.658. The number of hydrogen-bond acceptors (Lipinski definition) is 4. The Bertz CT molecular complexity index is 487. The fourth-order valence-corrected chi connectivity index (χ4v) is 2.45. The van der Waals surface area contributed by atoms with E-state index < -0.39 is 17.6 Å². The van der Waals surface area contributed by atoms with Crippen LogP contribution in [0, 0.1) is 0 Å². The molecule has 1 aliphatic rings. The summed E-state index contributed by atoms with van der Waals surface area (Å²) in [5, 5.41) is 0. The van der Waals surface area contributed by atoms with Gasteiger partial charge in [-0.15, -0.1) is 0 Å². The minimum Gasteiger partial charge on any atom is -0.467 e. The smallest absolute Gasteiger partial charge is 0.334 e. The van der Waals surface area contributed by atoms with Gasteiger partial charge in [0, 0.05) is 13.7 Å². The second kappa shape index (κ2) is 5.01. The molecule has 1 amide bonds. The van der Waals surface area contributed by atoms with Gasteiger partial charge in [-0.2, -0.15) is 0 Å². The van der Waals surface area contributed by atoms with E-state index in [0.717, 1.165) is 5.56 Å². The molecule has 19 heavy (non-hydrogen) atoms. The number of carbonyl (C=O) groups is 2. The van der Waals surface area contributed by atoms with Crippen molar-refractivity contribution in [3.05, 3.63) is 35.9 Å². The van der Waals surface area contributed by atoms with Gasteiger partial charge in [0.2, 0.25) is 0 Å². The molecule has 1 saturated heterocycles. The lowest BCUT2D eigenvalue weighted by molar-refractivity contribution is -0.203. The lowest BCUT2D eigenvalue weighted by atomic mass is 9.81. The highest BCUT2D eigenvalue weighted by Gasteiger charge is 2.63. The van der Waals surface area contributed by atoms with Gasteiger partial charge in [-0.05, 0) is 12.5 Å². The molecule has 0 spiro atoms. The molecule has 0 unspecified atom stereocenters. The number of hydrogen-bond donors (Lipinski definition) is 0. The molecule has 0 N–H and O–H groups in total. The van der Waals surface area contributed by atoms with E-state index in [4.69, 9.17) is 9.47 Å². The van der Waals surface area contributed by atoms with Crippen molar-refractivity contribution in [3.63, 3.8) is 0 Å². The van der Waals surface area contributed by atoms with Crippen LogP contribution in [0.25, 0.3) is 0 Å². The van der Waals surface area contributed by atoms with Crippen LogP contribution < -0.4 is 0 Å². The number of nitrogens with zero attached hydrogens (tertiary/aromatic N) is 1. The standard InChI is InChI=1S/C14H17NO4/c1-14(13(17)19-3)11(18-2)12(16)15(14)9-10-7-5-4-6-8-10/h4-8,11H,9H2,1-3H3/t11-,14+/m1/s1. The van der Waals surface area contributed by atoms with Crippen molar-refractivity contribution in [3.8, 4) is 0 Å². The Hall–Kier alpha value is -1.88. The first-order valence-corrected chi connectivity index (χ1v) is 6.02. The van der Waals surface area contributed by atoms with E-state index in [1.54, 1.807) is 6.92 Å². The summed E-state index contributed by atoms with van der Waals surface area (Å²) in [5.41, 5.74) is -0.100. The van der Waals surface area contributed by atoms with Gasteiger partial charge in [0.15, 0.2) is 11.6 Å². The Balaban J connectivity index is 2.24. The average molecular weight is 263 g/mol. The number of carbonyl (C=O) groups excluding carboxylic acids is 2. The van der Waals surface area contributed by atoms with E-state index in [0.29, 0.717) is 6.54 Å². The first kappa shape index (κ1) is 13.5. The molecule has 0 saturated carbocycles. The van der Waals surface area contributed by atoms with Crippen LogP contribution in [0.15, 0.2) is 30.3 Å². The van der Waals surface area contributed by atoms with Crippen LogP contribution in [0.1, 0.15) is 12.5 Å². The zero-order chi connectivity index (χ0) is 14.0. The minimum absolute atomic E-state index is 0.195. The van der Waals surface area contributed by atoms with Gasteiger partial charge in [0.1, 0.15) is 0 Å². The van der Waals surface area contributed by atoms with Gasteiger partial charge in [0.25, 0.3) is 5.91 Å². The number of β-lactam (4-membered cyclic amide) rings is 1. The maximum absolute atomic E-state index is 12.0. The molecule has 1 heterocycles. The number of likely N-dealkylation sites (tertiary alicyclic amines) is 1. The molecule has 1 aromatic carbocycles. The third-order valence-electron chi connectivity index (χ3n) is 3.58. The van der Waals surface area contributed by atoms with Crippen molar-refractivity contribution in [1.82, 2.24) is 4.90 Å². The number of esters is 1. The topological polar surface area (TPSA) is 55.8 Å². The minimum atomic E-state index is -1.06. The number of amides is 1. The number of benzene rings is 1. The molecule has 102 valence electrons. The van der Waals surface area contributed by atoms with Gasteiger partial charge >= 0.3 is 5.97 Å². The van der Waals surface area contributed by atoms with Crippen molar-refractivity contribution in [2.75, 3.05) is 14.2 Å². The Morgan fingerprint density at radius 1 is 1.32 bits per heavy atom. The summed E-state index contributed by atoms with van der Waals surface area (Å²) >= 11 is 0. The van der Waals surface area contributed by atoms with Gasteiger partial charge in [-0.3, -0.25) is 4.79 Å². The number of rotatable bonds is 4. The van der Waals surface area contributed by atoms with Gasteiger partial charge in [0.05, 0.1) is 7.11 Å². The first-order chi connectivity index (χ1) is 9.05. The van der Waals surface area contributed by atoms with E-state index in [2.05, 4.69) is 0 Å². The second-order valence-corrected chi connectivity index (χ2v) is 4.66. The molecule has 2 rings (SSSR count). The van der Waals surface area contributed by atoms with Crippen LogP contribution in [0.3, 0.4) is 0 Å². The summed E-state index contributed by atoms with van der Waals surface area (Å²) in [6.07, 6.45) is -0.774. The molecule has 0 aliphatic carbocycles. The molecule has 2 atom stereocenters. The lowest BCUT2D eigenvalue weighted by Gasteiger charge is -2.52. The van der Waals surface area contributed by atoms with Crippen LogP contribution >= 0.6 is 0 Å². The number of ether oxygens (including phenoxy) is 2. The third-order valence-corrected chi connectivity index (χ3v) is 3.58. The molecule has 5 nitrogen and oxygen atoms in total. The van der Waals surface area contributed by atoms with Crippen LogP contribution in [-0.2, 0) is 25.6 Å². The Labute approximate surface area is 112 Å². The SMILES string of the molecule is COC(=O)[C@]1(C)[C@H](OC)C(=O)N1Cc1ccccc1. The fourth-order valence-electron chi connectivity index (χ4n) is 2.45. The predicted octanol–water partition coefficient (Wildman–Crippen LogP) is 0.975. The molecular formula is C14H17NO4. The summed E-state index contributed by atoms with van der Waals surface area (Å²) in [6.45, 7) is 2.03. The highest BCUT2D eigenvalue weighted by molar-refractivity contribution is 6.02. The lowest BCUT2D eigenvalue weighted by Crippen LogP contribution is -2.76. The van der Waals surface area contributed by atoms with Crippen molar-refractivity contribution in [2.24, 2.45) is 0 Å². The third kappa shape index (κ3) is 2.00. The van der Waals surface area contributed by atoms with E-state index in [9.17, 15) is 9.59 Å². The van der Waals surface area contributed by atoms with Crippen molar-refractivity contribution >= 4 is 11.9 Å². The van der Waals surface area contributed by atoms with Crippen molar-refractivity contribution in [2.45, 2.75) is 25.1 Å². The first-order valence-electron chi connectivity index (χ1n) is 6.02. The number of methoxy groups -OCH3 is 2. The quantitative estimate of drug-likeness (QED) is 0.600. The molecule has 0 aromatic heterocycles. The molecule has 0 bridgehead atoms. The highest BCUT2D eigenvalue weighted by atomic mass is 16.5. The summed E-state index contributed by atoms with van der Waals surface area (Å²) in [6, 6.07) is 9.50. The van der Waals surface area contributed by atoms with Crippen LogP contribution in [0.5, 0.6) is 0 Å². The van der Waals surface area contributed by atoms with E-state index >= 15 is 0 Å². The highest BCUT2D eigenvalue weighted by Crippen LogP contribution is 2.36. The van der Waals surface area contributed by atoms with E-state index in [1.165, 1.54) is 19.1 Å². The van der Waals surface area contributed by atoms with Gasteiger partial charge in [-0.25, -0.2) is 4.79 Å². The Morgan fingerprint density at radius 3 is 2.47 bits per heavy atom. The maximum atomic E-state index is 12.0. The van der Waals surface area contributed by atoms with Crippen molar-refractivity contribution < 1.29 is 19.1 Å². The largest absolute Gasteiger partial charge is 0.467 e. The van der Waals surface area contributed by atoms with Crippen LogP contribution in [-0.4, -0.2) is 42.6 Å². The normalized spacial score (nSPS) is 25.9. The summed E-state index contributed by atoms with van der Waals surface area (Å²) < 4.78 is 9.91. The molecule has 1 aliphatic heterocycles. The molecular weight excluding hydrogens is 246 g/mol. The maximum Gasteiger partial charge on any atom is 0.334 e. The Kier molecular flexibility index (Phi) is 3.57. The second-order valence-electron chi connectivity index (χ2n) is 4.66. The van der Waals surface area contributed by atoms with Gasteiger partial charge in [-0.1, -0.05) is 30.3 Å². The average Bonchev–Trinajstić information content (AvgIpc) is 2.45. The van der Waals surface area contributed by atoms with E-state index in [-0.39, 0.29) is 5.91 Å². The zero-order valence-electron chi connectivity index (χ0n) is 11.3. The summed E-state index contributed by atoms with van der Waals surface area (Å²) in [4.78, 5) is 25.4. The monoisotopic (exact) mass is 263 g/mol. The van der Waals surface area contributed by atoms with Crippen molar-refractivity contribution in [1.29, 1.82) is 0 Å². The van der Waals surface area contributed by atoms with Crippen LogP contribution in [0.4, 0.5) is 0 Å². The molecule has 0 radical (unpaired) electrons. The summed E-state index contributed by atoms with van der Waals surface area (Å²) in [7, 11) is 2.73.